The first-order valence-electron chi connectivity index (χ1n) is 4.16. The first kappa shape index (κ1) is 10.1. The Morgan fingerprint density at radius 3 is 2.93 bits per heavy atom. The van der Waals surface area contributed by atoms with E-state index in [-0.39, 0.29) is 5.56 Å². The maximum absolute atomic E-state index is 11.2. The summed E-state index contributed by atoms with van der Waals surface area (Å²) in [6.07, 6.45) is 1.69. The quantitative estimate of drug-likeness (QED) is 0.697. The van der Waals surface area contributed by atoms with Crippen LogP contribution in [0.2, 0.25) is 0 Å². The standard InChI is InChI=1S/C8H8N4OS2/c1-9-8-10-3-5(15-8)4-2-6(13)12-7(14)11-4/h2-3H,1H3,(H,9,10)(H2,11,12,13,14). The summed E-state index contributed by atoms with van der Waals surface area (Å²) in [4.78, 5) is 21.5. The van der Waals surface area contributed by atoms with Gasteiger partial charge in [-0.05, 0) is 12.2 Å². The highest BCUT2D eigenvalue weighted by Crippen LogP contribution is 2.25. The summed E-state index contributed by atoms with van der Waals surface area (Å²) >= 11 is 6.33. The fourth-order valence-electron chi connectivity index (χ4n) is 1.12. The molecule has 2 rings (SSSR count). The summed E-state index contributed by atoms with van der Waals surface area (Å²) in [6.45, 7) is 0. The zero-order valence-electron chi connectivity index (χ0n) is 7.83. The van der Waals surface area contributed by atoms with Crippen LogP contribution < -0.4 is 10.9 Å². The van der Waals surface area contributed by atoms with Gasteiger partial charge in [-0.15, -0.1) is 0 Å². The third kappa shape index (κ3) is 2.13. The number of anilines is 1. The van der Waals surface area contributed by atoms with Gasteiger partial charge in [-0.2, -0.15) is 0 Å². The van der Waals surface area contributed by atoms with Gasteiger partial charge in [-0.1, -0.05) is 11.3 Å². The zero-order valence-corrected chi connectivity index (χ0v) is 9.46. The van der Waals surface area contributed by atoms with Crippen molar-refractivity contribution in [1.29, 1.82) is 0 Å². The molecule has 0 bridgehead atoms. The van der Waals surface area contributed by atoms with Crippen molar-refractivity contribution in [3.8, 4) is 10.6 Å². The number of nitrogens with one attached hydrogen (secondary N) is 3. The third-order valence-electron chi connectivity index (χ3n) is 1.75. The average molecular weight is 240 g/mol. The van der Waals surface area contributed by atoms with Gasteiger partial charge >= 0.3 is 0 Å². The van der Waals surface area contributed by atoms with Gasteiger partial charge in [0.05, 0.1) is 10.6 Å². The molecule has 0 saturated carbocycles. The molecule has 2 aromatic heterocycles. The van der Waals surface area contributed by atoms with E-state index < -0.39 is 0 Å². The van der Waals surface area contributed by atoms with E-state index in [1.54, 1.807) is 13.2 Å². The Kier molecular flexibility index (Phi) is 2.65. The summed E-state index contributed by atoms with van der Waals surface area (Å²) in [5.41, 5.74) is 0.468. The molecular weight excluding hydrogens is 232 g/mol. The van der Waals surface area contributed by atoms with E-state index in [1.807, 2.05) is 0 Å². The molecule has 0 saturated heterocycles. The van der Waals surface area contributed by atoms with Crippen LogP contribution in [0.5, 0.6) is 0 Å². The Bertz CT molecular complexity index is 554. The fourth-order valence-corrected chi connectivity index (χ4v) is 2.07. The van der Waals surface area contributed by atoms with Crippen LogP contribution in [-0.4, -0.2) is 22.0 Å². The molecule has 0 aliphatic rings. The minimum atomic E-state index is -0.215. The van der Waals surface area contributed by atoms with Crippen LogP contribution in [0.3, 0.4) is 0 Å². The molecular formula is C8H8N4OS2. The summed E-state index contributed by atoms with van der Waals surface area (Å²) in [7, 11) is 1.79. The number of hydrogen-bond acceptors (Lipinski definition) is 5. The Morgan fingerprint density at radius 1 is 1.53 bits per heavy atom. The Labute approximate surface area is 94.2 Å². The van der Waals surface area contributed by atoms with Gasteiger partial charge in [-0.25, -0.2) is 4.98 Å². The molecule has 15 heavy (non-hydrogen) atoms. The van der Waals surface area contributed by atoms with Crippen LogP contribution >= 0.6 is 23.6 Å². The monoisotopic (exact) mass is 240 g/mol. The van der Waals surface area contributed by atoms with Gasteiger partial charge in [0.2, 0.25) is 0 Å². The highest BCUT2D eigenvalue weighted by atomic mass is 32.1. The molecule has 0 fully saturated rings. The molecule has 3 N–H and O–H groups in total. The van der Waals surface area contributed by atoms with Crippen LogP contribution in [0.25, 0.3) is 10.6 Å². The molecule has 2 heterocycles. The Balaban J connectivity index is 2.53. The number of H-pyrrole nitrogens is 2. The van der Waals surface area contributed by atoms with Crippen LogP contribution in [0.1, 0.15) is 0 Å². The predicted molar refractivity (Wildman–Crippen MR) is 62.9 cm³/mol. The molecule has 7 heteroatoms. The average Bonchev–Trinajstić information content (AvgIpc) is 2.64. The van der Waals surface area contributed by atoms with Crippen LogP contribution in [-0.2, 0) is 0 Å². The summed E-state index contributed by atoms with van der Waals surface area (Å²) in [5.74, 6) is 0. The predicted octanol–water partition coefficient (Wildman–Crippen LogP) is 1.60. The number of hydrogen-bond donors (Lipinski definition) is 3. The summed E-state index contributed by atoms with van der Waals surface area (Å²) in [6, 6.07) is 1.46. The molecule has 0 amide bonds. The molecule has 2 aromatic rings. The van der Waals surface area contributed by atoms with E-state index in [1.165, 1.54) is 17.4 Å². The normalized spacial score (nSPS) is 10.2. The first-order valence-corrected chi connectivity index (χ1v) is 5.39. The van der Waals surface area contributed by atoms with Crippen molar-refractivity contribution in [2.75, 3.05) is 12.4 Å². The highest BCUT2D eigenvalue weighted by molar-refractivity contribution is 7.71. The van der Waals surface area contributed by atoms with Crippen molar-refractivity contribution < 1.29 is 0 Å². The second-order valence-corrected chi connectivity index (χ2v) is 4.22. The van der Waals surface area contributed by atoms with E-state index in [2.05, 4.69) is 20.3 Å². The van der Waals surface area contributed by atoms with Crippen molar-refractivity contribution in [3.05, 3.63) is 27.4 Å². The largest absolute Gasteiger partial charge is 0.365 e. The number of thiazole rings is 1. The smallest absolute Gasteiger partial charge is 0.252 e. The second-order valence-electron chi connectivity index (χ2n) is 2.78. The molecule has 0 aromatic carbocycles. The highest BCUT2D eigenvalue weighted by Gasteiger charge is 2.04. The summed E-state index contributed by atoms with van der Waals surface area (Å²) in [5, 5.41) is 3.72. The molecule has 0 atom stereocenters. The number of aromatic amines is 2. The van der Waals surface area contributed by atoms with Gasteiger partial charge in [0, 0.05) is 19.3 Å². The van der Waals surface area contributed by atoms with Crippen LogP contribution in [0.4, 0.5) is 5.13 Å². The van der Waals surface area contributed by atoms with Gasteiger partial charge < -0.3 is 10.3 Å². The van der Waals surface area contributed by atoms with E-state index in [4.69, 9.17) is 12.2 Å². The number of nitrogens with zero attached hydrogens (tertiary/aromatic N) is 1. The molecule has 0 spiro atoms. The topological polar surface area (TPSA) is 73.6 Å². The van der Waals surface area contributed by atoms with Crippen molar-refractivity contribution in [2.24, 2.45) is 0 Å². The zero-order chi connectivity index (χ0) is 10.8. The van der Waals surface area contributed by atoms with Crippen molar-refractivity contribution >= 4 is 28.7 Å². The van der Waals surface area contributed by atoms with E-state index in [0.717, 1.165) is 10.0 Å². The van der Waals surface area contributed by atoms with E-state index in [9.17, 15) is 4.79 Å². The molecule has 0 aliphatic heterocycles. The van der Waals surface area contributed by atoms with E-state index in [0.29, 0.717) is 10.5 Å². The maximum atomic E-state index is 11.2. The van der Waals surface area contributed by atoms with Gasteiger partial charge in [-0.3, -0.25) is 9.78 Å². The maximum Gasteiger partial charge on any atom is 0.252 e. The van der Waals surface area contributed by atoms with Crippen molar-refractivity contribution in [3.63, 3.8) is 0 Å². The fraction of sp³-hybridized carbons (Fsp3) is 0.125. The molecule has 0 unspecified atom stereocenters. The number of rotatable bonds is 2. The minimum absolute atomic E-state index is 0.215. The lowest BCUT2D eigenvalue weighted by Gasteiger charge is -1.95. The van der Waals surface area contributed by atoms with Crippen molar-refractivity contribution in [1.82, 2.24) is 15.0 Å². The van der Waals surface area contributed by atoms with Crippen molar-refractivity contribution in [2.45, 2.75) is 0 Å². The van der Waals surface area contributed by atoms with Crippen LogP contribution in [0.15, 0.2) is 17.1 Å². The van der Waals surface area contributed by atoms with Gasteiger partial charge in [0.25, 0.3) is 5.56 Å². The summed E-state index contributed by atoms with van der Waals surface area (Å²) < 4.78 is 0.317. The van der Waals surface area contributed by atoms with Crippen LogP contribution in [0, 0.1) is 4.77 Å². The molecule has 0 radical (unpaired) electrons. The lowest BCUT2D eigenvalue weighted by molar-refractivity contribution is 1.10. The Hall–Kier alpha value is -1.47. The van der Waals surface area contributed by atoms with Gasteiger partial charge in [0.15, 0.2) is 9.90 Å². The number of aromatic nitrogens is 3. The van der Waals surface area contributed by atoms with Gasteiger partial charge in [0.1, 0.15) is 0 Å². The minimum Gasteiger partial charge on any atom is -0.365 e. The lowest BCUT2D eigenvalue weighted by atomic mass is 10.4. The van der Waals surface area contributed by atoms with E-state index >= 15 is 0 Å². The first-order chi connectivity index (χ1) is 7.19. The third-order valence-corrected chi connectivity index (χ3v) is 3.00. The SMILES string of the molecule is CNc1ncc(-c2cc(=O)[nH]c(=S)[nH]2)s1. The molecule has 0 aliphatic carbocycles. The molecule has 5 nitrogen and oxygen atoms in total. The Morgan fingerprint density at radius 2 is 2.33 bits per heavy atom. The lowest BCUT2D eigenvalue weighted by Crippen LogP contribution is -2.05. The molecule has 78 valence electrons. The second kappa shape index (κ2) is 3.95.